The Bertz CT molecular complexity index is 649. The summed E-state index contributed by atoms with van der Waals surface area (Å²) in [4.78, 5) is 25.3. The van der Waals surface area contributed by atoms with Gasteiger partial charge in [-0.1, -0.05) is 42.2 Å². The number of rotatable bonds is 5. The van der Waals surface area contributed by atoms with Crippen LogP contribution in [0.4, 0.5) is 4.39 Å². The number of benzene rings is 1. The van der Waals surface area contributed by atoms with E-state index in [-0.39, 0.29) is 34.5 Å². The molecule has 2 rings (SSSR count). The van der Waals surface area contributed by atoms with E-state index in [2.05, 4.69) is 5.32 Å². The van der Waals surface area contributed by atoms with Crippen molar-refractivity contribution in [1.29, 1.82) is 0 Å². The summed E-state index contributed by atoms with van der Waals surface area (Å²) in [7, 11) is 0. The Morgan fingerprint density at radius 2 is 2.18 bits per heavy atom. The molecule has 2 amide bonds. The number of thiocarbonyl (C=S) groups is 1. The van der Waals surface area contributed by atoms with E-state index in [1.165, 1.54) is 12.1 Å². The molecule has 0 bridgehead atoms. The molecule has 2 N–H and O–H groups in total. The number of amides is 2. The first-order valence-electron chi connectivity index (χ1n) is 6.40. The van der Waals surface area contributed by atoms with Gasteiger partial charge in [0.25, 0.3) is 5.91 Å². The lowest BCUT2D eigenvalue weighted by Gasteiger charge is -2.13. The number of carbonyl (C=O) groups is 2. The summed E-state index contributed by atoms with van der Waals surface area (Å²) in [5.41, 5.74) is 0.285. The van der Waals surface area contributed by atoms with E-state index in [4.69, 9.17) is 17.3 Å². The summed E-state index contributed by atoms with van der Waals surface area (Å²) in [5, 5.41) is 11.1. The highest BCUT2D eigenvalue weighted by atomic mass is 32.2. The molecule has 1 aliphatic heterocycles. The second-order valence-corrected chi connectivity index (χ2v) is 6.04. The highest BCUT2D eigenvalue weighted by molar-refractivity contribution is 8.26. The summed E-state index contributed by atoms with van der Waals surface area (Å²) in [6.45, 7) is -0.296. The van der Waals surface area contributed by atoms with Gasteiger partial charge < -0.3 is 10.4 Å². The average Bonchev–Trinajstić information content (AvgIpc) is 2.75. The second kappa shape index (κ2) is 7.48. The van der Waals surface area contributed by atoms with Gasteiger partial charge in [-0.2, -0.15) is 0 Å². The smallest absolute Gasteiger partial charge is 0.266 e. The fourth-order valence-corrected chi connectivity index (χ4v) is 3.01. The molecule has 1 fully saturated rings. The van der Waals surface area contributed by atoms with Gasteiger partial charge in [0.2, 0.25) is 5.91 Å². The van der Waals surface area contributed by atoms with Crippen LogP contribution in [0.3, 0.4) is 0 Å². The maximum absolute atomic E-state index is 13.6. The zero-order chi connectivity index (χ0) is 16.1. The summed E-state index contributed by atoms with van der Waals surface area (Å²) in [5.74, 6) is -1.29. The third-order valence-corrected chi connectivity index (χ3v) is 4.18. The Balaban J connectivity index is 2.12. The molecule has 0 spiro atoms. The normalized spacial score (nSPS) is 16.5. The van der Waals surface area contributed by atoms with Crippen molar-refractivity contribution in [3.63, 3.8) is 0 Å². The van der Waals surface area contributed by atoms with Crippen molar-refractivity contribution in [2.75, 3.05) is 19.7 Å². The fourth-order valence-electron chi connectivity index (χ4n) is 1.76. The van der Waals surface area contributed by atoms with Gasteiger partial charge in [-0.05, 0) is 12.1 Å². The fraction of sp³-hybridized carbons (Fsp3) is 0.214. The van der Waals surface area contributed by atoms with Crippen LogP contribution in [0.2, 0.25) is 0 Å². The van der Waals surface area contributed by atoms with Crippen LogP contribution in [0.25, 0.3) is 6.08 Å². The monoisotopic (exact) mass is 340 g/mol. The Labute approximate surface area is 136 Å². The molecule has 22 heavy (non-hydrogen) atoms. The van der Waals surface area contributed by atoms with Crippen molar-refractivity contribution in [2.45, 2.75) is 0 Å². The molecular weight excluding hydrogens is 327 g/mol. The van der Waals surface area contributed by atoms with Gasteiger partial charge in [0.05, 0.1) is 11.5 Å². The van der Waals surface area contributed by atoms with E-state index in [1.807, 2.05) is 0 Å². The molecule has 1 heterocycles. The molecule has 0 atom stereocenters. The number of carbonyl (C=O) groups excluding carboxylic acids is 2. The molecule has 116 valence electrons. The number of nitrogens with zero attached hydrogens (tertiary/aromatic N) is 1. The third kappa shape index (κ3) is 3.90. The number of nitrogens with one attached hydrogen (secondary N) is 1. The standard InChI is InChI=1S/C14H13FN2O3S2/c15-10-4-2-1-3-9(10)7-11-13(20)17(14(21)22-11)8-12(19)16-5-6-18/h1-4,7,18H,5-6,8H2,(H,16,19)/b11-7-. The van der Waals surface area contributed by atoms with Crippen molar-refractivity contribution >= 4 is 46.2 Å². The van der Waals surface area contributed by atoms with Crippen molar-refractivity contribution < 1.29 is 19.1 Å². The Morgan fingerprint density at radius 3 is 2.86 bits per heavy atom. The Hall–Kier alpha value is -1.77. The van der Waals surface area contributed by atoms with E-state index in [1.54, 1.807) is 18.2 Å². The minimum atomic E-state index is -0.437. The minimum absolute atomic E-state index is 0.110. The maximum Gasteiger partial charge on any atom is 0.266 e. The van der Waals surface area contributed by atoms with E-state index in [0.29, 0.717) is 0 Å². The number of aliphatic hydroxyl groups excluding tert-OH is 1. The molecule has 8 heteroatoms. The first-order valence-corrected chi connectivity index (χ1v) is 7.63. The molecule has 5 nitrogen and oxygen atoms in total. The van der Waals surface area contributed by atoms with Crippen LogP contribution in [0, 0.1) is 5.82 Å². The number of hydrogen-bond donors (Lipinski definition) is 2. The minimum Gasteiger partial charge on any atom is -0.395 e. The van der Waals surface area contributed by atoms with E-state index < -0.39 is 17.6 Å². The van der Waals surface area contributed by atoms with Crippen molar-refractivity contribution in [1.82, 2.24) is 10.2 Å². The van der Waals surface area contributed by atoms with Crippen LogP contribution < -0.4 is 5.32 Å². The summed E-state index contributed by atoms with van der Waals surface area (Å²) >= 11 is 6.10. The largest absolute Gasteiger partial charge is 0.395 e. The lowest BCUT2D eigenvalue weighted by molar-refractivity contribution is -0.128. The number of halogens is 1. The predicted octanol–water partition coefficient (Wildman–Crippen LogP) is 1.14. The molecule has 1 saturated heterocycles. The zero-order valence-corrected chi connectivity index (χ0v) is 13.0. The van der Waals surface area contributed by atoms with Gasteiger partial charge in [-0.15, -0.1) is 0 Å². The number of thioether (sulfide) groups is 1. The van der Waals surface area contributed by atoms with Crippen LogP contribution >= 0.6 is 24.0 Å². The van der Waals surface area contributed by atoms with E-state index in [0.717, 1.165) is 16.7 Å². The van der Waals surface area contributed by atoms with Gasteiger partial charge >= 0.3 is 0 Å². The summed E-state index contributed by atoms with van der Waals surface area (Å²) < 4.78 is 13.9. The highest BCUT2D eigenvalue weighted by Crippen LogP contribution is 2.32. The molecular formula is C14H13FN2O3S2. The second-order valence-electron chi connectivity index (χ2n) is 4.36. The molecule has 0 saturated carbocycles. The van der Waals surface area contributed by atoms with Gasteiger partial charge in [0, 0.05) is 12.1 Å². The molecule has 0 aromatic heterocycles. The molecule has 1 aromatic rings. The van der Waals surface area contributed by atoms with E-state index >= 15 is 0 Å². The van der Waals surface area contributed by atoms with Crippen LogP contribution in [0.15, 0.2) is 29.2 Å². The van der Waals surface area contributed by atoms with Crippen LogP contribution in [-0.4, -0.2) is 45.8 Å². The topological polar surface area (TPSA) is 69.6 Å². The van der Waals surface area contributed by atoms with Crippen LogP contribution in [0.1, 0.15) is 5.56 Å². The predicted molar refractivity (Wildman–Crippen MR) is 86.4 cm³/mol. The third-order valence-electron chi connectivity index (χ3n) is 2.80. The van der Waals surface area contributed by atoms with Gasteiger partial charge in [-0.3, -0.25) is 14.5 Å². The Morgan fingerprint density at radius 1 is 1.45 bits per heavy atom. The van der Waals surface area contributed by atoms with Crippen molar-refractivity contribution in [2.24, 2.45) is 0 Å². The summed E-state index contributed by atoms with van der Waals surface area (Å²) in [6.07, 6.45) is 1.42. The summed E-state index contributed by atoms with van der Waals surface area (Å²) in [6, 6.07) is 6.08. The molecule has 1 aliphatic rings. The molecule has 0 aliphatic carbocycles. The van der Waals surface area contributed by atoms with Crippen molar-refractivity contribution in [3.8, 4) is 0 Å². The van der Waals surface area contributed by atoms with Crippen LogP contribution in [-0.2, 0) is 9.59 Å². The lowest BCUT2D eigenvalue weighted by atomic mass is 10.2. The lowest BCUT2D eigenvalue weighted by Crippen LogP contribution is -2.40. The first kappa shape index (κ1) is 16.6. The number of aliphatic hydroxyl groups is 1. The molecule has 0 radical (unpaired) electrons. The van der Waals surface area contributed by atoms with Gasteiger partial charge in [0.1, 0.15) is 16.7 Å². The SMILES string of the molecule is O=C(CN1C(=O)/C(=C/c2ccccc2F)SC1=S)NCCO. The van der Waals surface area contributed by atoms with E-state index in [9.17, 15) is 14.0 Å². The maximum atomic E-state index is 13.6. The van der Waals surface area contributed by atoms with Gasteiger partial charge in [0.15, 0.2) is 0 Å². The molecule has 1 aromatic carbocycles. The average molecular weight is 340 g/mol. The Kier molecular flexibility index (Phi) is 5.64. The first-order chi connectivity index (χ1) is 10.5. The quantitative estimate of drug-likeness (QED) is 0.621. The highest BCUT2D eigenvalue weighted by Gasteiger charge is 2.33. The zero-order valence-electron chi connectivity index (χ0n) is 11.4. The van der Waals surface area contributed by atoms with Gasteiger partial charge in [-0.25, -0.2) is 4.39 Å². The number of hydrogen-bond acceptors (Lipinski definition) is 5. The molecule has 0 unspecified atom stereocenters. The van der Waals surface area contributed by atoms with Crippen LogP contribution in [0.5, 0.6) is 0 Å². The van der Waals surface area contributed by atoms with Crippen molar-refractivity contribution in [3.05, 3.63) is 40.6 Å².